The second kappa shape index (κ2) is 5.36. The molecule has 0 fully saturated rings. The van der Waals surface area contributed by atoms with Crippen molar-refractivity contribution in [2.75, 3.05) is 6.54 Å². The van der Waals surface area contributed by atoms with Crippen molar-refractivity contribution in [3.05, 3.63) is 24.3 Å². The molecule has 0 spiro atoms. The number of aromatic amines is 1. The number of amides is 1. The van der Waals surface area contributed by atoms with Crippen LogP contribution in [0.1, 0.15) is 37.2 Å². The van der Waals surface area contributed by atoms with Gasteiger partial charge in [-0.3, -0.25) is 4.79 Å². The van der Waals surface area contributed by atoms with Crippen LogP contribution < -0.4 is 11.1 Å². The normalized spacial score (nSPS) is 11.7. The van der Waals surface area contributed by atoms with Gasteiger partial charge in [-0.05, 0) is 39.3 Å². The quantitative estimate of drug-likeness (QED) is 0.753. The van der Waals surface area contributed by atoms with Gasteiger partial charge in [0.2, 0.25) is 0 Å². The molecule has 0 aromatic carbocycles. The molecular formula is C13H19N5O. The van der Waals surface area contributed by atoms with Crippen LogP contribution in [-0.2, 0) is 0 Å². The molecule has 2 aromatic heterocycles. The zero-order valence-electron chi connectivity index (χ0n) is 11.2. The summed E-state index contributed by atoms with van der Waals surface area (Å²) in [6, 6.07) is 1.80. The number of rotatable bonds is 5. The van der Waals surface area contributed by atoms with Crippen molar-refractivity contribution in [1.82, 2.24) is 20.3 Å². The minimum atomic E-state index is -0.302. The van der Waals surface area contributed by atoms with E-state index in [1.165, 1.54) is 6.33 Å². The summed E-state index contributed by atoms with van der Waals surface area (Å²) in [5.74, 6) is -0.186. The SMILES string of the molecule is CC(C)(CCCN)NC(=O)c1ncnc2[nH]ccc12. The van der Waals surface area contributed by atoms with Crippen LogP contribution in [0.25, 0.3) is 11.0 Å². The maximum absolute atomic E-state index is 12.3. The number of H-pyrrole nitrogens is 1. The van der Waals surface area contributed by atoms with Crippen molar-refractivity contribution in [3.8, 4) is 0 Å². The molecule has 2 heterocycles. The molecule has 0 saturated heterocycles. The molecule has 102 valence electrons. The number of hydrogen-bond donors (Lipinski definition) is 3. The van der Waals surface area contributed by atoms with Crippen molar-refractivity contribution in [3.63, 3.8) is 0 Å². The average molecular weight is 261 g/mol. The van der Waals surface area contributed by atoms with Gasteiger partial charge in [-0.25, -0.2) is 9.97 Å². The molecule has 0 aliphatic heterocycles. The van der Waals surface area contributed by atoms with Crippen LogP contribution in [0.15, 0.2) is 18.6 Å². The van der Waals surface area contributed by atoms with Crippen LogP contribution in [0, 0.1) is 0 Å². The Bertz CT molecular complexity index is 575. The van der Waals surface area contributed by atoms with E-state index in [4.69, 9.17) is 5.73 Å². The highest BCUT2D eigenvalue weighted by Gasteiger charge is 2.22. The molecule has 0 saturated carbocycles. The molecule has 1 amide bonds. The van der Waals surface area contributed by atoms with E-state index < -0.39 is 0 Å². The summed E-state index contributed by atoms with van der Waals surface area (Å²) in [6.45, 7) is 4.58. The molecule has 0 radical (unpaired) electrons. The molecule has 19 heavy (non-hydrogen) atoms. The fourth-order valence-corrected chi connectivity index (χ4v) is 2.03. The molecule has 0 aliphatic carbocycles. The lowest BCUT2D eigenvalue weighted by Crippen LogP contribution is -2.44. The smallest absolute Gasteiger partial charge is 0.271 e. The molecule has 2 rings (SSSR count). The minimum absolute atomic E-state index is 0.186. The van der Waals surface area contributed by atoms with E-state index in [2.05, 4.69) is 20.3 Å². The Kier molecular flexibility index (Phi) is 3.80. The van der Waals surface area contributed by atoms with Gasteiger partial charge in [-0.1, -0.05) is 0 Å². The predicted molar refractivity (Wildman–Crippen MR) is 73.7 cm³/mol. The van der Waals surface area contributed by atoms with Crippen LogP contribution in [0.4, 0.5) is 0 Å². The molecule has 4 N–H and O–H groups in total. The number of carbonyl (C=O) groups excluding carboxylic acids is 1. The third kappa shape index (κ3) is 3.08. The monoisotopic (exact) mass is 261 g/mol. The van der Waals surface area contributed by atoms with Crippen molar-refractivity contribution in [1.29, 1.82) is 0 Å². The maximum atomic E-state index is 12.3. The van der Waals surface area contributed by atoms with Crippen LogP contribution in [0.3, 0.4) is 0 Å². The summed E-state index contributed by atoms with van der Waals surface area (Å²) in [4.78, 5) is 23.4. The van der Waals surface area contributed by atoms with Gasteiger partial charge in [0.05, 0.1) is 5.39 Å². The van der Waals surface area contributed by atoms with Crippen molar-refractivity contribution >= 4 is 16.9 Å². The van der Waals surface area contributed by atoms with Crippen molar-refractivity contribution in [2.45, 2.75) is 32.2 Å². The Labute approximate surface area is 111 Å². The molecule has 6 heteroatoms. The fraction of sp³-hybridized carbons (Fsp3) is 0.462. The van der Waals surface area contributed by atoms with E-state index in [9.17, 15) is 4.79 Å². The van der Waals surface area contributed by atoms with E-state index in [1.807, 2.05) is 13.8 Å². The van der Waals surface area contributed by atoms with E-state index in [0.717, 1.165) is 18.2 Å². The summed E-state index contributed by atoms with van der Waals surface area (Å²) in [6.07, 6.45) is 4.84. The largest absolute Gasteiger partial charge is 0.346 e. The van der Waals surface area contributed by atoms with Gasteiger partial charge in [-0.15, -0.1) is 0 Å². The van der Waals surface area contributed by atoms with Gasteiger partial charge >= 0.3 is 0 Å². The van der Waals surface area contributed by atoms with Gasteiger partial charge in [0, 0.05) is 11.7 Å². The van der Waals surface area contributed by atoms with E-state index in [-0.39, 0.29) is 11.4 Å². The highest BCUT2D eigenvalue weighted by atomic mass is 16.2. The maximum Gasteiger partial charge on any atom is 0.271 e. The number of nitrogens with two attached hydrogens (primary N) is 1. The van der Waals surface area contributed by atoms with Crippen LogP contribution in [0.2, 0.25) is 0 Å². The summed E-state index contributed by atoms with van der Waals surface area (Å²) in [5.41, 5.74) is 6.26. The van der Waals surface area contributed by atoms with Crippen molar-refractivity contribution in [2.24, 2.45) is 5.73 Å². The number of carbonyl (C=O) groups is 1. The fourth-order valence-electron chi connectivity index (χ4n) is 2.03. The first-order valence-corrected chi connectivity index (χ1v) is 6.34. The number of aromatic nitrogens is 3. The lowest BCUT2D eigenvalue weighted by molar-refractivity contribution is 0.0905. The Hall–Kier alpha value is -1.95. The second-order valence-electron chi connectivity index (χ2n) is 5.19. The summed E-state index contributed by atoms with van der Waals surface area (Å²) in [5, 5.41) is 3.72. The van der Waals surface area contributed by atoms with E-state index in [0.29, 0.717) is 17.9 Å². The molecular weight excluding hydrogens is 242 g/mol. The first-order valence-electron chi connectivity index (χ1n) is 6.34. The predicted octanol–water partition coefficient (Wildman–Crippen LogP) is 1.21. The number of nitrogens with zero attached hydrogens (tertiary/aromatic N) is 2. The number of hydrogen-bond acceptors (Lipinski definition) is 4. The summed E-state index contributed by atoms with van der Waals surface area (Å²) < 4.78 is 0. The topological polar surface area (TPSA) is 96.7 Å². The lowest BCUT2D eigenvalue weighted by atomic mass is 9.98. The van der Waals surface area contributed by atoms with Gasteiger partial charge < -0.3 is 16.0 Å². The average Bonchev–Trinajstić information content (AvgIpc) is 2.83. The Morgan fingerprint density at radius 1 is 1.47 bits per heavy atom. The third-order valence-electron chi connectivity index (χ3n) is 3.03. The highest BCUT2D eigenvalue weighted by Crippen LogP contribution is 2.16. The van der Waals surface area contributed by atoms with E-state index >= 15 is 0 Å². The van der Waals surface area contributed by atoms with Crippen LogP contribution >= 0.6 is 0 Å². The standard InChI is InChI=1S/C13H19N5O/c1-13(2,5-3-6-14)18-12(19)10-9-4-7-15-11(9)17-8-16-10/h4,7-8H,3,5-6,14H2,1-2H3,(H,18,19)(H,15,16,17). The molecule has 2 aromatic rings. The Morgan fingerprint density at radius 2 is 2.26 bits per heavy atom. The molecule has 0 aliphatic rings. The number of fused-ring (bicyclic) bond motifs is 1. The van der Waals surface area contributed by atoms with Gasteiger partial charge in [0.15, 0.2) is 0 Å². The summed E-state index contributed by atoms with van der Waals surface area (Å²) >= 11 is 0. The highest BCUT2D eigenvalue weighted by molar-refractivity contribution is 6.03. The van der Waals surface area contributed by atoms with Crippen LogP contribution in [0.5, 0.6) is 0 Å². The molecule has 0 unspecified atom stereocenters. The minimum Gasteiger partial charge on any atom is -0.346 e. The molecule has 0 bridgehead atoms. The lowest BCUT2D eigenvalue weighted by Gasteiger charge is -2.26. The first kappa shape index (κ1) is 13.5. The van der Waals surface area contributed by atoms with Gasteiger partial charge in [0.25, 0.3) is 5.91 Å². The molecule has 6 nitrogen and oxygen atoms in total. The first-order chi connectivity index (χ1) is 9.03. The van der Waals surface area contributed by atoms with Gasteiger partial charge in [-0.2, -0.15) is 0 Å². The third-order valence-corrected chi connectivity index (χ3v) is 3.03. The van der Waals surface area contributed by atoms with E-state index in [1.54, 1.807) is 12.3 Å². The Morgan fingerprint density at radius 3 is 3.00 bits per heavy atom. The Balaban J connectivity index is 2.18. The van der Waals surface area contributed by atoms with Crippen LogP contribution in [-0.4, -0.2) is 32.9 Å². The zero-order chi connectivity index (χ0) is 13.9. The summed E-state index contributed by atoms with van der Waals surface area (Å²) in [7, 11) is 0. The van der Waals surface area contributed by atoms with Crippen molar-refractivity contribution < 1.29 is 4.79 Å². The van der Waals surface area contributed by atoms with Gasteiger partial charge in [0.1, 0.15) is 17.7 Å². The second-order valence-corrected chi connectivity index (χ2v) is 5.19. The molecule has 0 atom stereocenters. The zero-order valence-corrected chi connectivity index (χ0v) is 11.2. The number of nitrogens with one attached hydrogen (secondary N) is 2.